The molecule has 7 heteroatoms. The molecule has 140 valence electrons. The van der Waals surface area contributed by atoms with E-state index in [9.17, 15) is 9.59 Å². The van der Waals surface area contributed by atoms with Crippen LogP contribution in [0.4, 0.5) is 0 Å². The first kappa shape index (κ1) is 19.4. The van der Waals surface area contributed by atoms with E-state index in [0.29, 0.717) is 15.7 Å². The molecule has 0 saturated heterocycles. The third-order valence-corrected chi connectivity index (χ3v) is 6.06. The molecular formula is C20H20N2O3S2. The lowest BCUT2D eigenvalue weighted by Gasteiger charge is -2.04. The number of H-pyrrole nitrogens is 1. The lowest BCUT2D eigenvalue weighted by Crippen LogP contribution is -2.08. The summed E-state index contributed by atoms with van der Waals surface area (Å²) in [5.41, 5.74) is 1.48. The first-order chi connectivity index (χ1) is 13.1. The van der Waals surface area contributed by atoms with E-state index >= 15 is 0 Å². The largest absolute Gasteiger partial charge is 0.477 e. The van der Waals surface area contributed by atoms with Crippen molar-refractivity contribution in [3.63, 3.8) is 0 Å². The fourth-order valence-electron chi connectivity index (χ4n) is 2.63. The summed E-state index contributed by atoms with van der Waals surface area (Å²) >= 11 is 2.90. The molecule has 3 rings (SSSR count). The van der Waals surface area contributed by atoms with Crippen LogP contribution in [0.5, 0.6) is 0 Å². The number of carbonyl (C=O) groups is 1. The van der Waals surface area contributed by atoms with Crippen LogP contribution in [0.2, 0.25) is 0 Å². The van der Waals surface area contributed by atoms with Crippen LogP contribution < -0.4 is 5.56 Å². The molecule has 27 heavy (non-hydrogen) atoms. The summed E-state index contributed by atoms with van der Waals surface area (Å²) in [6.45, 7) is 0. The number of carboxylic acids is 1. The Hall–Kier alpha value is -2.38. The van der Waals surface area contributed by atoms with E-state index in [1.807, 2.05) is 36.4 Å². The number of aromatic carboxylic acids is 1. The number of nitrogens with zero attached hydrogens (tertiary/aromatic N) is 1. The Bertz CT molecular complexity index is 951. The fourth-order valence-corrected chi connectivity index (χ4v) is 4.40. The minimum Gasteiger partial charge on any atom is -0.477 e. The second kappa shape index (κ2) is 9.53. The number of unbranched alkanes of at least 4 members (excludes halogenated alkanes) is 2. The van der Waals surface area contributed by atoms with Gasteiger partial charge in [-0.1, -0.05) is 48.5 Å². The fraction of sp³-hybridized carbons (Fsp3) is 0.250. The van der Waals surface area contributed by atoms with Crippen molar-refractivity contribution < 1.29 is 9.90 Å². The number of rotatable bonds is 9. The van der Waals surface area contributed by atoms with E-state index in [-0.39, 0.29) is 5.56 Å². The predicted molar refractivity (Wildman–Crippen MR) is 110 cm³/mol. The Labute approximate surface area is 165 Å². The van der Waals surface area contributed by atoms with Crippen LogP contribution in [-0.2, 0) is 6.42 Å². The van der Waals surface area contributed by atoms with Crippen molar-refractivity contribution in [2.24, 2.45) is 0 Å². The van der Waals surface area contributed by atoms with Gasteiger partial charge < -0.3 is 10.1 Å². The highest BCUT2D eigenvalue weighted by Gasteiger charge is 2.07. The van der Waals surface area contributed by atoms with Crippen molar-refractivity contribution in [1.29, 1.82) is 0 Å². The van der Waals surface area contributed by atoms with Crippen molar-refractivity contribution in [3.8, 4) is 11.3 Å². The second-order valence-corrected chi connectivity index (χ2v) is 8.28. The number of benzene rings is 1. The van der Waals surface area contributed by atoms with Crippen LogP contribution in [0, 0.1) is 0 Å². The Morgan fingerprint density at radius 2 is 1.93 bits per heavy atom. The summed E-state index contributed by atoms with van der Waals surface area (Å²) in [4.78, 5) is 31.6. The molecule has 3 aromatic rings. The van der Waals surface area contributed by atoms with Gasteiger partial charge in [-0.3, -0.25) is 4.79 Å². The minimum absolute atomic E-state index is 0.140. The molecule has 0 saturated carbocycles. The monoisotopic (exact) mass is 400 g/mol. The average Bonchev–Trinajstić information content (AvgIpc) is 3.14. The van der Waals surface area contributed by atoms with E-state index in [0.717, 1.165) is 41.9 Å². The van der Waals surface area contributed by atoms with E-state index in [2.05, 4.69) is 9.97 Å². The number of aromatic nitrogens is 2. The third-order valence-electron chi connectivity index (χ3n) is 3.97. The molecular weight excluding hydrogens is 380 g/mol. The average molecular weight is 401 g/mol. The molecule has 2 N–H and O–H groups in total. The van der Waals surface area contributed by atoms with Crippen LogP contribution in [0.25, 0.3) is 11.3 Å². The van der Waals surface area contributed by atoms with Crippen LogP contribution >= 0.6 is 23.1 Å². The van der Waals surface area contributed by atoms with Crippen LogP contribution in [0.15, 0.2) is 58.5 Å². The molecule has 0 radical (unpaired) electrons. The SMILES string of the molecule is O=C(O)c1ccc(CCCCCSc2nc(-c3ccccc3)cc(=O)[nH]2)s1. The van der Waals surface area contributed by atoms with E-state index in [1.54, 1.807) is 17.8 Å². The third kappa shape index (κ3) is 5.80. The highest BCUT2D eigenvalue weighted by molar-refractivity contribution is 7.99. The van der Waals surface area contributed by atoms with Gasteiger partial charge in [0.1, 0.15) is 4.88 Å². The maximum absolute atomic E-state index is 11.9. The number of hydrogen-bond donors (Lipinski definition) is 2. The summed E-state index contributed by atoms with van der Waals surface area (Å²) < 4.78 is 0. The van der Waals surface area contributed by atoms with Gasteiger partial charge in [0, 0.05) is 22.3 Å². The maximum Gasteiger partial charge on any atom is 0.345 e. The zero-order valence-electron chi connectivity index (χ0n) is 14.7. The highest BCUT2D eigenvalue weighted by atomic mass is 32.2. The van der Waals surface area contributed by atoms with Gasteiger partial charge in [-0.2, -0.15) is 0 Å². The predicted octanol–water partition coefficient (Wildman–Crippen LogP) is 4.70. The van der Waals surface area contributed by atoms with Crippen molar-refractivity contribution in [3.05, 3.63) is 68.6 Å². The quantitative estimate of drug-likeness (QED) is 0.309. The van der Waals surface area contributed by atoms with Gasteiger partial charge in [-0.15, -0.1) is 11.3 Å². The van der Waals surface area contributed by atoms with Gasteiger partial charge in [-0.05, 0) is 31.4 Å². The van der Waals surface area contributed by atoms with E-state index in [4.69, 9.17) is 5.11 Å². The Balaban J connectivity index is 1.44. The first-order valence-corrected chi connectivity index (χ1v) is 10.5. The number of thioether (sulfide) groups is 1. The van der Waals surface area contributed by atoms with Crippen LogP contribution in [0.1, 0.15) is 33.8 Å². The Morgan fingerprint density at radius 3 is 2.67 bits per heavy atom. The molecule has 0 aliphatic carbocycles. The highest BCUT2D eigenvalue weighted by Crippen LogP contribution is 2.21. The smallest absolute Gasteiger partial charge is 0.345 e. The molecule has 0 aliphatic rings. The summed E-state index contributed by atoms with van der Waals surface area (Å²) in [5, 5.41) is 9.58. The van der Waals surface area contributed by atoms with Gasteiger partial charge in [0.15, 0.2) is 5.16 Å². The molecule has 0 bridgehead atoms. The molecule has 2 heterocycles. The number of nitrogens with one attached hydrogen (secondary N) is 1. The van der Waals surface area contributed by atoms with Crippen molar-refractivity contribution >= 4 is 29.1 Å². The standard InChI is InChI=1S/C20H20N2O3S2/c23-18-13-16(14-7-3-1-4-8-14)21-20(22-18)26-12-6-2-5-9-15-10-11-17(27-15)19(24)25/h1,3-4,7-8,10-11,13H,2,5-6,9,12H2,(H,24,25)(H,21,22,23). The van der Waals surface area contributed by atoms with Gasteiger partial charge >= 0.3 is 5.97 Å². The zero-order valence-corrected chi connectivity index (χ0v) is 16.3. The van der Waals surface area contributed by atoms with Crippen molar-refractivity contribution in [2.75, 3.05) is 5.75 Å². The molecule has 1 aromatic carbocycles. The molecule has 5 nitrogen and oxygen atoms in total. The zero-order chi connectivity index (χ0) is 19.1. The molecule has 0 unspecified atom stereocenters. The van der Waals surface area contributed by atoms with E-state index in [1.165, 1.54) is 17.4 Å². The van der Waals surface area contributed by atoms with Crippen LogP contribution in [0.3, 0.4) is 0 Å². The minimum atomic E-state index is -0.859. The van der Waals surface area contributed by atoms with Gasteiger partial charge in [-0.25, -0.2) is 9.78 Å². The van der Waals surface area contributed by atoms with E-state index < -0.39 is 5.97 Å². The molecule has 2 aromatic heterocycles. The molecule has 0 spiro atoms. The van der Waals surface area contributed by atoms with Crippen molar-refractivity contribution in [1.82, 2.24) is 9.97 Å². The number of aromatic amines is 1. The molecule has 0 fully saturated rings. The lowest BCUT2D eigenvalue weighted by atomic mass is 10.1. The summed E-state index contributed by atoms with van der Waals surface area (Å²) in [6, 6.07) is 14.8. The summed E-state index contributed by atoms with van der Waals surface area (Å²) in [5.74, 6) is 0.0216. The second-order valence-electron chi connectivity index (χ2n) is 6.03. The lowest BCUT2D eigenvalue weighted by molar-refractivity contribution is 0.0702. The van der Waals surface area contributed by atoms with Crippen molar-refractivity contribution in [2.45, 2.75) is 30.8 Å². The molecule has 0 atom stereocenters. The topological polar surface area (TPSA) is 83.0 Å². The number of thiophene rings is 1. The first-order valence-electron chi connectivity index (χ1n) is 8.73. The normalized spacial score (nSPS) is 10.8. The van der Waals surface area contributed by atoms with Gasteiger partial charge in [0.05, 0.1) is 5.69 Å². The van der Waals surface area contributed by atoms with Gasteiger partial charge in [0.25, 0.3) is 5.56 Å². The van der Waals surface area contributed by atoms with Gasteiger partial charge in [0.2, 0.25) is 0 Å². The molecule has 0 aliphatic heterocycles. The summed E-state index contributed by atoms with van der Waals surface area (Å²) in [6.07, 6.45) is 3.99. The Morgan fingerprint density at radius 1 is 1.11 bits per heavy atom. The number of hydrogen-bond acceptors (Lipinski definition) is 5. The van der Waals surface area contributed by atoms with Crippen LogP contribution in [-0.4, -0.2) is 26.8 Å². The number of aryl methyl sites for hydroxylation is 1. The molecule has 0 amide bonds. The number of carboxylic acid groups (broad SMARTS) is 1. The Kier molecular flexibility index (Phi) is 6.84. The maximum atomic E-state index is 11.9. The summed E-state index contributed by atoms with van der Waals surface area (Å²) in [7, 11) is 0.